The minimum Gasteiger partial charge on any atom is -0.292 e. The number of benzene rings is 22. The molecule has 27 rings (SSSR count). The van der Waals surface area contributed by atoms with E-state index in [0.29, 0.717) is 0 Å². The molecule has 0 N–H and O–H groups in total. The summed E-state index contributed by atoms with van der Waals surface area (Å²) in [5.41, 5.74) is 35.0. The quantitative estimate of drug-likeness (QED) is 0.0957. The van der Waals surface area contributed by atoms with E-state index in [-0.39, 0.29) is 0 Å². The van der Waals surface area contributed by atoms with E-state index in [4.69, 9.17) is 4.98 Å². The Morgan fingerprint density at radius 1 is 0.147 bits per heavy atom. The van der Waals surface area contributed by atoms with Crippen LogP contribution in [0.1, 0.15) is 0 Å². The predicted molar refractivity (Wildman–Crippen MR) is 601 cm³/mol. The summed E-state index contributed by atoms with van der Waals surface area (Å²) in [7, 11) is 0. The molecule has 0 unspecified atom stereocenters. The van der Waals surface area contributed by atoms with Gasteiger partial charge in [-0.2, -0.15) is 0 Å². The molecule has 668 valence electrons. The second-order valence-corrected chi connectivity index (χ2v) is 36.4. The summed E-state index contributed by atoms with van der Waals surface area (Å²) in [5, 5.41) is 19.9. The second kappa shape index (κ2) is 37.8. The minimum atomic E-state index is 0.933. The Kier molecular flexibility index (Phi) is 22.6. The highest BCUT2D eigenvalue weighted by molar-refractivity contribution is 6.26. The molecule has 5 aromatic heterocycles. The number of fused-ring (bicyclic) bond motifs is 9. The first-order chi connectivity index (χ1) is 70.9. The van der Waals surface area contributed by atoms with Gasteiger partial charge in [0.25, 0.3) is 0 Å². The van der Waals surface area contributed by atoms with Crippen molar-refractivity contribution in [1.82, 2.24) is 29.5 Å². The highest BCUT2D eigenvalue weighted by Crippen LogP contribution is 2.51. The molecule has 0 fully saturated rings. The average molecular weight is 1820 g/mol. The molecule has 27 aromatic rings. The molecule has 22 aromatic carbocycles. The third-order valence-electron chi connectivity index (χ3n) is 28.0. The molecule has 0 spiro atoms. The van der Waals surface area contributed by atoms with Gasteiger partial charge in [0.2, 0.25) is 0 Å². The van der Waals surface area contributed by atoms with Crippen molar-refractivity contribution in [3.63, 3.8) is 0 Å². The molecule has 0 aliphatic carbocycles. The zero-order valence-electron chi connectivity index (χ0n) is 78.1. The Morgan fingerprint density at radius 2 is 0.427 bits per heavy atom. The Labute approximate surface area is 829 Å². The largest absolute Gasteiger partial charge is 0.292 e. The van der Waals surface area contributed by atoms with E-state index in [1.807, 2.05) is 61.4 Å². The van der Waals surface area contributed by atoms with Crippen LogP contribution in [0.5, 0.6) is 0 Å². The van der Waals surface area contributed by atoms with Crippen LogP contribution < -0.4 is 0 Å². The number of pyridine rings is 4. The summed E-state index contributed by atoms with van der Waals surface area (Å²) < 4.78 is 2.26. The molecule has 0 bridgehead atoms. The number of hydrogen-bond acceptors (Lipinski definition) is 5. The highest BCUT2D eigenvalue weighted by atomic mass is 15.1. The average Bonchev–Trinajstić information content (AvgIpc) is 1.12. The van der Waals surface area contributed by atoms with Crippen LogP contribution in [0.2, 0.25) is 0 Å². The van der Waals surface area contributed by atoms with Crippen molar-refractivity contribution in [2.45, 2.75) is 0 Å². The minimum absolute atomic E-state index is 0.933. The molecule has 0 amide bonds. The van der Waals surface area contributed by atoms with Gasteiger partial charge in [0.05, 0.1) is 22.4 Å². The van der Waals surface area contributed by atoms with Crippen LogP contribution in [0.3, 0.4) is 0 Å². The Hall–Kier alpha value is -19.0. The molecule has 0 radical (unpaired) electrons. The molecule has 0 saturated heterocycles. The molecule has 6 nitrogen and oxygen atoms in total. The molecule has 0 saturated carbocycles. The molecule has 143 heavy (non-hydrogen) atoms. The summed E-state index contributed by atoms with van der Waals surface area (Å²) in [6.45, 7) is 0. The van der Waals surface area contributed by atoms with Crippen LogP contribution in [0.15, 0.2) is 547 Å². The lowest BCUT2D eigenvalue weighted by Crippen LogP contribution is -1.97. The summed E-state index contributed by atoms with van der Waals surface area (Å²) >= 11 is 0. The van der Waals surface area contributed by atoms with Crippen molar-refractivity contribution in [2.75, 3.05) is 0 Å². The van der Waals surface area contributed by atoms with Crippen LogP contribution in [0.4, 0.5) is 0 Å². The third-order valence-corrected chi connectivity index (χ3v) is 28.0. The maximum atomic E-state index is 5.12. The monoisotopic (exact) mass is 1820 g/mol. The van der Waals surface area contributed by atoms with Crippen molar-refractivity contribution in [3.05, 3.63) is 547 Å². The standard InChI is InChI=1S/C53H34N2.2C42H28N2/c1-2-16-44(17-3-1)55-50-21-11-10-20-49(50)54-53(55)38-26-22-37(23-27-38)41-30-31-47-48(34-41)52(43-29-25-36-13-5-7-15-40(36)33-43)46-19-9-8-18-45(46)51(47)42-28-24-35-12-4-6-14-39(35)32-42;1-2-10-29(11-3-1)34-24-25-37-38(28-34)42(33-22-18-31(19-23-33)40-15-7-9-27-44-40)36-13-5-4-12-35(36)41(37)32-20-16-30(17-21-32)39-14-6-8-26-43-39;1-2-8-29(9-3-1)34-16-17-39-40(28-34)42(36-13-7-11-33(27-36)31-20-24-44-25-21-31)38-15-5-4-14-37(38)41(39)35-12-6-10-32(26-35)30-18-22-43-23-19-30/h1-34H;2*1-28H. The van der Waals surface area contributed by atoms with Gasteiger partial charge in [-0.1, -0.05) is 394 Å². The summed E-state index contributed by atoms with van der Waals surface area (Å²) in [6, 6.07) is 183. The van der Waals surface area contributed by atoms with Crippen molar-refractivity contribution < 1.29 is 0 Å². The zero-order valence-corrected chi connectivity index (χ0v) is 78.1. The van der Waals surface area contributed by atoms with E-state index < -0.39 is 0 Å². The maximum absolute atomic E-state index is 5.12. The van der Waals surface area contributed by atoms with Gasteiger partial charge in [-0.3, -0.25) is 24.5 Å². The SMILES string of the molecule is c1ccc(-c2ccc3c(-c4ccc(-c5ccccn5)cc4)c4ccccc4c(-c4ccc(-c5ccccn5)cc4)c3c2)cc1.c1ccc(-c2ccc3c(-c4cccc(-c5ccncc5)c4)c4ccccc4c(-c4cccc(-c5ccncc5)c4)c3c2)cc1.c1ccc(-n2c(-c3ccc(-c4ccc5c(-c6ccc7ccccc7c6)c6ccccc6c(-c6ccc7ccccc7c6)c5c4)cc3)nc3ccccc32)cc1. The number of para-hydroxylation sites is 3. The Balaban J connectivity index is 0.000000114. The number of imidazole rings is 1. The van der Waals surface area contributed by atoms with E-state index in [0.717, 1.165) is 67.3 Å². The fourth-order valence-electron chi connectivity index (χ4n) is 21.2. The number of nitrogens with zero attached hydrogens (tertiary/aromatic N) is 6. The van der Waals surface area contributed by atoms with E-state index in [2.05, 4.69) is 510 Å². The fraction of sp³-hybridized carbons (Fsp3) is 0. The van der Waals surface area contributed by atoms with E-state index >= 15 is 0 Å². The second-order valence-electron chi connectivity index (χ2n) is 36.4. The molecular weight excluding hydrogens is 1730 g/mol. The van der Waals surface area contributed by atoms with Crippen LogP contribution in [-0.2, 0) is 0 Å². The van der Waals surface area contributed by atoms with E-state index in [1.54, 1.807) is 0 Å². The van der Waals surface area contributed by atoms with Gasteiger partial charge >= 0.3 is 0 Å². The number of hydrogen-bond donors (Lipinski definition) is 0. The summed E-state index contributed by atoms with van der Waals surface area (Å²) in [4.78, 5) is 22.7. The van der Waals surface area contributed by atoms with E-state index in [9.17, 15) is 0 Å². The van der Waals surface area contributed by atoms with Gasteiger partial charge in [0.1, 0.15) is 5.82 Å². The van der Waals surface area contributed by atoms with Crippen LogP contribution >= 0.6 is 0 Å². The molecule has 5 heterocycles. The Morgan fingerprint density at radius 3 is 0.846 bits per heavy atom. The first-order valence-electron chi connectivity index (χ1n) is 48.7. The van der Waals surface area contributed by atoms with Gasteiger partial charge in [-0.15, -0.1) is 0 Å². The number of aromatic nitrogens is 6. The highest BCUT2D eigenvalue weighted by Gasteiger charge is 2.25. The van der Waals surface area contributed by atoms with Gasteiger partial charge in [0, 0.05) is 59.6 Å². The first-order valence-corrected chi connectivity index (χ1v) is 48.7. The molecular formula is C137H90N6. The zero-order chi connectivity index (χ0) is 94.9. The predicted octanol–water partition coefficient (Wildman–Crippen LogP) is 36.5. The normalized spacial score (nSPS) is 11.4. The van der Waals surface area contributed by atoms with Gasteiger partial charge in [-0.05, 0) is 324 Å². The lowest BCUT2D eigenvalue weighted by atomic mass is 9.84. The van der Waals surface area contributed by atoms with Crippen molar-refractivity contribution in [2.24, 2.45) is 0 Å². The van der Waals surface area contributed by atoms with Gasteiger partial charge < -0.3 is 0 Å². The fourth-order valence-corrected chi connectivity index (χ4v) is 21.2. The summed E-state index contributed by atoms with van der Waals surface area (Å²) in [6.07, 6.45) is 11.1. The smallest absolute Gasteiger partial charge is 0.145 e. The van der Waals surface area contributed by atoms with E-state index in [1.165, 1.54) is 192 Å². The van der Waals surface area contributed by atoms with Crippen molar-refractivity contribution >= 4 is 97.2 Å². The first kappa shape index (κ1) is 85.6. The van der Waals surface area contributed by atoms with Crippen LogP contribution in [-0.4, -0.2) is 29.5 Å². The molecule has 0 aliphatic rings. The van der Waals surface area contributed by atoms with Crippen LogP contribution in [0, 0.1) is 0 Å². The van der Waals surface area contributed by atoms with Crippen molar-refractivity contribution in [1.29, 1.82) is 0 Å². The summed E-state index contributed by atoms with van der Waals surface area (Å²) in [5.74, 6) is 0.933. The molecule has 0 atom stereocenters. The maximum Gasteiger partial charge on any atom is 0.145 e. The molecule has 6 heteroatoms. The topological polar surface area (TPSA) is 69.4 Å². The Bertz CT molecular complexity index is 9450. The van der Waals surface area contributed by atoms with Crippen LogP contribution in [0.25, 0.3) is 259 Å². The van der Waals surface area contributed by atoms with Gasteiger partial charge in [0.15, 0.2) is 0 Å². The lowest BCUT2D eigenvalue weighted by Gasteiger charge is -2.19. The third kappa shape index (κ3) is 16.5. The lowest BCUT2D eigenvalue weighted by molar-refractivity contribution is 1.10. The van der Waals surface area contributed by atoms with Crippen molar-refractivity contribution in [3.8, 4) is 162 Å². The van der Waals surface area contributed by atoms with Gasteiger partial charge in [-0.25, -0.2) is 4.98 Å². The number of rotatable bonds is 15. The molecule has 0 aliphatic heterocycles.